The van der Waals surface area contributed by atoms with E-state index in [-0.39, 0.29) is 5.91 Å². The number of fused-ring (bicyclic) bond motifs is 1. The highest BCUT2D eigenvalue weighted by Gasteiger charge is 2.10. The quantitative estimate of drug-likeness (QED) is 0.815. The van der Waals surface area contributed by atoms with Gasteiger partial charge in [0.25, 0.3) is 5.91 Å². The molecule has 0 aliphatic carbocycles. The van der Waals surface area contributed by atoms with Crippen LogP contribution in [0.5, 0.6) is 11.5 Å². The van der Waals surface area contributed by atoms with Crippen LogP contribution in [0.4, 0.5) is 0 Å². The fourth-order valence-electron chi connectivity index (χ4n) is 2.03. The molecule has 1 amide bonds. The molecule has 5 nitrogen and oxygen atoms in total. The first kappa shape index (κ1) is 12.3. The maximum atomic E-state index is 11.3. The van der Waals surface area contributed by atoms with Crippen molar-refractivity contribution in [3.8, 4) is 11.5 Å². The molecule has 0 radical (unpaired) electrons. The van der Waals surface area contributed by atoms with Crippen molar-refractivity contribution in [3.63, 3.8) is 0 Å². The zero-order valence-corrected chi connectivity index (χ0v) is 10.9. The summed E-state index contributed by atoms with van der Waals surface area (Å²) in [5.74, 6) is 1.06. The molecule has 2 heterocycles. The Morgan fingerprint density at radius 2 is 2.00 bits per heavy atom. The van der Waals surface area contributed by atoms with Gasteiger partial charge in [0.05, 0.1) is 7.11 Å². The van der Waals surface area contributed by atoms with Crippen molar-refractivity contribution in [2.75, 3.05) is 7.11 Å². The molecule has 0 fully saturated rings. The van der Waals surface area contributed by atoms with Gasteiger partial charge in [-0.1, -0.05) is 0 Å². The van der Waals surface area contributed by atoms with E-state index < -0.39 is 0 Å². The molecule has 0 bridgehead atoms. The van der Waals surface area contributed by atoms with Gasteiger partial charge in [0, 0.05) is 23.7 Å². The Labute approximate surface area is 115 Å². The number of benzene rings is 1. The number of hydrogen-bond acceptors (Lipinski definition) is 4. The molecule has 3 rings (SSSR count). The zero-order chi connectivity index (χ0) is 13.9. The predicted octanol–water partition coefficient (Wildman–Crippen LogP) is 0.609. The minimum absolute atomic E-state index is 0.259. The van der Waals surface area contributed by atoms with Crippen LogP contribution in [-0.2, 0) is 11.4 Å². The SMILES string of the molecule is COc1cc(COc2ccncc2)cc2c1=NC(=O)C=2. The van der Waals surface area contributed by atoms with Crippen LogP contribution in [0.3, 0.4) is 0 Å². The van der Waals surface area contributed by atoms with E-state index in [1.54, 1.807) is 31.6 Å². The number of pyridine rings is 1. The van der Waals surface area contributed by atoms with Crippen LogP contribution >= 0.6 is 0 Å². The van der Waals surface area contributed by atoms with Crippen molar-refractivity contribution in [1.29, 1.82) is 0 Å². The van der Waals surface area contributed by atoms with Gasteiger partial charge in [-0.3, -0.25) is 9.78 Å². The number of ether oxygens (including phenoxy) is 2. The number of hydrogen-bond donors (Lipinski definition) is 0. The van der Waals surface area contributed by atoms with Crippen molar-refractivity contribution < 1.29 is 14.3 Å². The molecule has 20 heavy (non-hydrogen) atoms. The van der Waals surface area contributed by atoms with Crippen LogP contribution in [-0.4, -0.2) is 18.0 Å². The molecule has 100 valence electrons. The van der Waals surface area contributed by atoms with Gasteiger partial charge in [-0.2, -0.15) is 0 Å². The minimum atomic E-state index is -0.259. The number of nitrogens with zero attached hydrogens (tertiary/aromatic N) is 2. The third-order valence-corrected chi connectivity index (χ3v) is 2.94. The average Bonchev–Trinajstić information content (AvgIpc) is 2.85. The smallest absolute Gasteiger partial charge is 0.271 e. The molecule has 1 aromatic carbocycles. The molecule has 1 aliphatic heterocycles. The second-order valence-electron chi connectivity index (χ2n) is 4.30. The maximum Gasteiger partial charge on any atom is 0.271 e. The maximum absolute atomic E-state index is 11.3. The fourth-order valence-corrected chi connectivity index (χ4v) is 2.03. The van der Waals surface area contributed by atoms with Gasteiger partial charge in [0.2, 0.25) is 0 Å². The van der Waals surface area contributed by atoms with Gasteiger partial charge in [-0.25, -0.2) is 4.99 Å². The van der Waals surface area contributed by atoms with E-state index in [2.05, 4.69) is 9.98 Å². The summed E-state index contributed by atoms with van der Waals surface area (Å²) in [5, 5.41) is 1.35. The lowest BCUT2D eigenvalue weighted by Gasteiger charge is -2.07. The lowest BCUT2D eigenvalue weighted by atomic mass is 10.2. The Kier molecular flexibility index (Phi) is 3.16. The van der Waals surface area contributed by atoms with Gasteiger partial charge in [0.1, 0.15) is 23.5 Å². The lowest BCUT2D eigenvalue weighted by molar-refractivity contribution is -0.112. The van der Waals surface area contributed by atoms with Gasteiger partial charge < -0.3 is 9.47 Å². The Balaban J connectivity index is 1.89. The number of rotatable bonds is 4. The zero-order valence-electron chi connectivity index (χ0n) is 10.9. The molecule has 0 spiro atoms. The highest BCUT2D eigenvalue weighted by molar-refractivity contribution is 6.06. The van der Waals surface area contributed by atoms with E-state index in [4.69, 9.17) is 9.47 Å². The van der Waals surface area contributed by atoms with Crippen LogP contribution in [0.1, 0.15) is 5.56 Å². The summed E-state index contributed by atoms with van der Waals surface area (Å²) in [7, 11) is 1.56. The molecule has 0 saturated heterocycles. The van der Waals surface area contributed by atoms with Crippen LogP contribution in [0.15, 0.2) is 41.7 Å². The molecule has 0 N–H and O–H groups in total. The highest BCUT2D eigenvalue weighted by atomic mass is 16.5. The molecule has 2 aromatic rings. The number of amides is 1. The van der Waals surface area contributed by atoms with Gasteiger partial charge >= 0.3 is 0 Å². The van der Waals surface area contributed by atoms with Crippen molar-refractivity contribution in [1.82, 2.24) is 4.98 Å². The van der Waals surface area contributed by atoms with Gasteiger partial charge in [-0.15, -0.1) is 0 Å². The Hall–Kier alpha value is -2.69. The Morgan fingerprint density at radius 3 is 2.75 bits per heavy atom. The van der Waals surface area contributed by atoms with E-state index in [1.165, 1.54) is 6.08 Å². The van der Waals surface area contributed by atoms with E-state index >= 15 is 0 Å². The lowest BCUT2D eigenvalue weighted by Crippen LogP contribution is -2.24. The summed E-state index contributed by atoms with van der Waals surface area (Å²) in [4.78, 5) is 19.2. The third kappa shape index (κ3) is 2.38. The third-order valence-electron chi connectivity index (χ3n) is 2.94. The van der Waals surface area contributed by atoms with Gasteiger partial charge in [0.15, 0.2) is 0 Å². The first-order chi connectivity index (χ1) is 9.76. The molecule has 5 heteroatoms. The Morgan fingerprint density at radius 1 is 1.20 bits per heavy atom. The molecule has 0 atom stereocenters. The van der Waals surface area contributed by atoms with Crippen molar-refractivity contribution in [2.45, 2.75) is 6.61 Å². The first-order valence-corrected chi connectivity index (χ1v) is 6.10. The largest absolute Gasteiger partial charge is 0.494 e. The minimum Gasteiger partial charge on any atom is -0.494 e. The highest BCUT2D eigenvalue weighted by Crippen LogP contribution is 2.12. The topological polar surface area (TPSA) is 60.8 Å². The molecule has 0 saturated carbocycles. The first-order valence-electron chi connectivity index (χ1n) is 6.10. The molecule has 1 aliphatic rings. The normalized spacial score (nSPS) is 12.3. The summed E-state index contributed by atoms with van der Waals surface area (Å²) < 4.78 is 10.9. The monoisotopic (exact) mass is 268 g/mol. The summed E-state index contributed by atoms with van der Waals surface area (Å²) in [6.45, 7) is 0.385. The van der Waals surface area contributed by atoms with Crippen LogP contribution in [0.2, 0.25) is 0 Å². The molecule has 0 unspecified atom stereocenters. The number of aromatic nitrogens is 1. The summed E-state index contributed by atoms with van der Waals surface area (Å²) in [6, 6.07) is 7.29. The van der Waals surface area contributed by atoms with Crippen LogP contribution in [0, 0.1) is 0 Å². The van der Waals surface area contributed by atoms with Gasteiger partial charge in [-0.05, 0) is 29.8 Å². The van der Waals surface area contributed by atoms with E-state index in [9.17, 15) is 4.79 Å². The van der Waals surface area contributed by atoms with E-state index in [0.29, 0.717) is 17.7 Å². The molecule has 1 aromatic heterocycles. The number of carbonyl (C=O) groups excluding carboxylic acids is 1. The van der Waals surface area contributed by atoms with E-state index in [1.807, 2.05) is 12.1 Å². The predicted molar refractivity (Wildman–Crippen MR) is 71.8 cm³/mol. The fraction of sp³-hybridized carbons (Fsp3) is 0.133. The average molecular weight is 268 g/mol. The number of methoxy groups -OCH3 is 1. The summed E-state index contributed by atoms with van der Waals surface area (Å²) >= 11 is 0. The second-order valence-corrected chi connectivity index (χ2v) is 4.30. The Bertz CT molecular complexity index is 770. The van der Waals surface area contributed by atoms with Crippen LogP contribution < -0.4 is 20.0 Å². The second kappa shape index (κ2) is 5.13. The van der Waals surface area contributed by atoms with Crippen molar-refractivity contribution in [3.05, 3.63) is 52.8 Å². The summed E-state index contributed by atoms with van der Waals surface area (Å²) in [5.41, 5.74) is 0.915. The van der Waals surface area contributed by atoms with Crippen LogP contribution in [0.25, 0.3) is 6.08 Å². The standard InChI is InChI=1S/C15H12N2O3/c1-19-13-7-10(6-11-8-14(18)17-15(11)13)9-20-12-2-4-16-5-3-12/h2-8H,9H2,1H3. The van der Waals surface area contributed by atoms with E-state index in [0.717, 1.165) is 16.5 Å². The molecular formula is C15H12N2O3. The summed E-state index contributed by atoms with van der Waals surface area (Å²) in [6.07, 6.45) is 4.83. The molecular weight excluding hydrogens is 256 g/mol. The van der Waals surface area contributed by atoms with Crippen molar-refractivity contribution in [2.24, 2.45) is 4.99 Å². The van der Waals surface area contributed by atoms with Crippen molar-refractivity contribution >= 4 is 12.0 Å². The number of carbonyl (C=O) groups is 1.